The first kappa shape index (κ1) is 16.3. The van der Waals surface area contributed by atoms with Crippen molar-refractivity contribution in [2.75, 3.05) is 0 Å². The van der Waals surface area contributed by atoms with Gasteiger partial charge in [-0.05, 0) is 36.6 Å². The van der Waals surface area contributed by atoms with Crippen LogP contribution in [0.25, 0.3) is 4.85 Å². The number of Topliss-reactive ketones (excluding diaryl/α,β-unsaturated/α-hetero) is 1. The van der Waals surface area contributed by atoms with Gasteiger partial charge >= 0.3 is 0 Å². The van der Waals surface area contributed by atoms with E-state index in [0.29, 0.717) is 22.7 Å². The molecule has 0 aliphatic carbocycles. The molecule has 2 nitrogen and oxygen atoms in total. The van der Waals surface area contributed by atoms with Crippen molar-refractivity contribution >= 4 is 23.1 Å². The van der Waals surface area contributed by atoms with Crippen molar-refractivity contribution in [2.45, 2.75) is 26.2 Å². The highest BCUT2D eigenvalue weighted by Gasteiger charge is 2.20. The van der Waals surface area contributed by atoms with E-state index in [4.69, 9.17) is 18.2 Å². The van der Waals surface area contributed by atoms with Crippen LogP contribution in [-0.2, 0) is 6.42 Å². The number of ketones is 1. The maximum Gasteiger partial charge on any atom is 0.187 e. The monoisotopic (exact) mass is 311 g/mol. The van der Waals surface area contributed by atoms with E-state index < -0.39 is 0 Å². The number of benzene rings is 2. The number of hydrogen-bond donors (Lipinski definition) is 0. The van der Waals surface area contributed by atoms with Crippen molar-refractivity contribution in [3.8, 4) is 0 Å². The molecule has 0 N–H and O–H groups in total. The Morgan fingerprint density at radius 1 is 1.23 bits per heavy atom. The van der Waals surface area contributed by atoms with E-state index in [1.807, 2.05) is 24.3 Å². The van der Waals surface area contributed by atoms with Gasteiger partial charge in [0, 0.05) is 16.5 Å². The molecule has 3 heteroatoms. The van der Waals surface area contributed by atoms with Gasteiger partial charge in [0.05, 0.1) is 6.57 Å². The minimum absolute atomic E-state index is 0.0628. The van der Waals surface area contributed by atoms with Crippen LogP contribution in [0, 0.1) is 12.5 Å². The number of halogens is 1. The lowest BCUT2D eigenvalue weighted by Crippen LogP contribution is -2.17. The number of nitrogens with zero attached hydrogens (tertiary/aromatic N) is 1. The minimum Gasteiger partial charge on any atom is -0.294 e. The van der Waals surface area contributed by atoms with Crippen LogP contribution in [0.15, 0.2) is 48.5 Å². The fraction of sp³-hybridized carbons (Fsp3) is 0.263. The Hall–Kier alpha value is -2.11. The van der Waals surface area contributed by atoms with Gasteiger partial charge in [0.15, 0.2) is 11.5 Å². The maximum atomic E-state index is 12.7. The van der Waals surface area contributed by atoms with Crippen LogP contribution in [0.4, 0.5) is 5.69 Å². The molecule has 0 spiro atoms. The van der Waals surface area contributed by atoms with Crippen molar-refractivity contribution in [2.24, 2.45) is 5.92 Å². The van der Waals surface area contributed by atoms with Gasteiger partial charge in [-0.25, -0.2) is 4.85 Å². The summed E-state index contributed by atoms with van der Waals surface area (Å²) in [7, 11) is 0. The standard InChI is InChI=1S/C19H18ClNO/c1-3-5-15(12-14-8-10-17(20)11-9-14)19(22)16-6-4-7-18(13-16)21-2/h4,6-11,13,15H,3,5,12H2,1H3. The molecule has 0 heterocycles. The zero-order chi connectivity index (χ0) is 15.9. The van der Waals surface area contributed by atoms with Gasteiger partial charge in [0.25, 0.3) is 0 Å². The van der Waals surface area contributed by atoms with Crippen molar-refractivity contribution in [3.05, 3.63) is 76.1 Å². The van der Waals surface area contributed by atoms with Crippen LogP contribution in [0.5, 0.6) is 0 Å². The molecule has 0 saturated carbocycles. The summed E-state index contributed by atoms with van der Waals surface area (Å²) in [5, 5.41) is 0.701. The zero-order valence-electron chi connectivity index (χ0n) is 12.6. The van der Waals surface area contributed by atoms with Crippen molar-refractivity contribution in [1.29, 1.82) is 0 Å². The molecule has 2 rings (SSSR count). The molecule has 22 heavy (non-hydrogen) atoms. The summed E-state index contributed by atoms with van der Waals surface area (Å²) in [6.45, 7) is 9.15. The van der Waals surface area contributed by atoms with Gasteiger partial charge in [0.2, 0.25) is 0 Å². The molecule has 0 amide bonds. The van der Waals surface area contributed by atoms with Crippen LogP contribution in [-0.4, -0.2) is 5.78 Å². The SMILES string of the molecule is [C-]#[N+]c1cccc(C(=O)C(CCC)Cc2ccc(Cl)cc2)c1. The Labute approximate surface area is 136 Å². The van der Waals surface area contributed by atoms with E-state index in [-0.39, 0.29) is 11.7 Å². The molecule has 0 radical (unpaired) electrons. The van der Waals surface area contributed by atoms with Gasteiger partial charge in [-0.15, -0.1) is 0 Å². The Morgan fingerprint density at radius 3 is 2.59 bits per heavy atom. The molecule has 0 aromatic heterocycles. The molecule has 1 unspecified atom stereocenters. The van der Waals surface area contributed by atoms with Crippen LogP contribution in [0.2, 0.25) is 5.02 Å². The molecule has 0 fully saturated rings. The smallest absolute Gasteiger partial charge is 0.187 e. The topological polar surface area (TPSA) is 21.4 Å². The summed E-state index contributed by atoms with van der Waals surface area (Å²) in [5.74, 6) is 0.0504. The lowest BCUT2D eigenvalue weighted by Gasteiger charge is -2.15. The van der Waals surface area contributed by atoms with Crippen molar-refractivity contribution in [1.82, 2.24) is 0 Å². The highest BCUT2D eigenvalue weighted by Crippen LogP contribution is 2.23. The summed E-state index contributed by atoms with van der Waals surface area (Å²) in [6, 6.07) is 14.6. The first-order valence-corrected chi connectivity index (χ1v) is 7.78. The van der Waals surface area contributed by atoms with Crippen LogP contribution in [0.1, 0.15) is 35.7 Å². The number of carbonyl (C=O) groups excluding carboxylic acids is 1. The van der Waals surface area contributed by atoms with Gasteiger partial charge in [-0.1, -0.05) is 55.3 Å². The fourth-order valence-corrected chi connectivity index (χ4v) is 2.67. The van der Waals surface area contributed by atoms with E-state index in [1.165, 1.54) is 0 Å². The molecular formula is C19H18ClNO. The van der Waals surface area contributed by atoms with E-state index in [0.717, 1.165) is 18.4 Å². The third-order valence-corrected chi connectivity index (χ3v) is 3.92. The second-order valence-corrected chi connectivity index (χ2v) is 5.78. The molecule has 0 saturated heterocycles. The summed E-state index contributed by atoms with van der Waals surface area (Å²) in [4.78, 5) is 16.1. The molecular weight excluding hydrogens is 294 g/mol. The molecule has 112 valence electrons. The van der Waals surface area contributed by atoms with E-state index >= 15 is 0 Å². The van der Waals surface area contributed by atoms with Gasteiger partial charge in [0.1, 0.15) is 0 Å². The highest BCUT2D eigenvalue weighted by molar-refractivity contribution is 6.30. The van der Waals surface area contributed by atoms with Crippen LogP contribution in [0.3, 0.4) is 0 Å². The number of carbonyl (C=O) groups is 1. The fourth-order valence-electron chi connectivity index (χ4n) is 2.54. The summed E-state index contributed by atoms with van der Waals surface area (Å²) in [6.07, 6.45) is 2.49. The lowest BCUT2D eigenvalue weighted by atomic mass is 9.88. The van der Waals surface area contributed by atoms with E-state index in [2.05, 4.69) is 11.8 Å². The summed E-state index contributed by atoms with van der Waals surface area (Å²) in [5.41, 5.74) is 2.24. The first-order valence-electron chi connectivity index (χ1n) is 7.40. The average molecular weight is 312 g/mol. The Balaban J connectivity index is 2.21. The number of hydrogen-bond acceptors (Lipinski definition) is 1. The van der Waals surface area contributed by atoms with Crippen molar-refractivity contribution in [3.63, 3.8) is 0 Å². The molecule has 2 aromatic rings. The zero-order valence-corrected chi connectivity index (χ0v) is 13.3. The third-order valence-electron chi connectivity index (χ3n) is 3.66. The molecule has 0 aliphatic rings. The van der Waals surface area contributed by atoms with Gasteiger partial charge in [-0.2, -0.15) is 0 Å². The van der Waals surface area contributed by atoms with Crippen LogP contribution < -0.4 is 0 Å². The summed E-state index contributed by atoms with van der Waals surface area (Å²) < 4.78 is 0. The Kier molecular flexibility index (Phi) is 5.75. The van der Waals surface area contributed by atoms with E-state index in [9.17, 15) is 4.79 Å². The molecule has 0 aliphatic heterocycles. The largest absolute Gasteiger partial charge is 0.294 e. The quantitative estimate of drug-likeness (QED) is 0.493. The third kappa shape index (κ3) is 4.19. The van der Waals surface area contributed by atoms with Crippen molar-refractivity contribution < 1.29 is 4.79 Å². The Bertz CT molecular complexity index is 685. The van der Waals surface area contributed by atoms with Gasteiger partial charge in [-0.3, -0.25) is 4.79 Å². The lowest BCUT2D eigenvalue weighted by molar-refractivity contribution is 0.0912. The normalized spacial score (nSPS) is 11.7. The number of rotatable bonds is 6. The van der Waals surface area contributed by atoms with Crippen LogP contribution >= 0.6 is 11.6 Å². The molecule has 1 atom stereocenters. The average Bonchev–Trinajstić information content (AvgIpc) is 2.56. The highest BCUT2D eigenvalue weighted by atomic mass is 35.5. The molecule has 2 aromatic carbocycles. The second-order valence-electron chi connectivity index (χ2n) is 5.34. The predicted molar refractivity (Wildman–Crippen MR) is 90.6 cm³/mol. The predicted octanol–water partition coefficient (Wildman–Crippen LogP) is 5.73. The first-order chi connectivity index (χ1) is 10.6. The minimum atomic E-state index is -0.0628. The summed E-state index contributed by atoms with van der Waals surface area (Å²) >= 11 is 5.91. The maximum absolute atomic E-state index is 12.7. The van der Waals surface area contributed by atoms with Gasteiger partial charge < -0.3 is 0 Å². The Morgan fingerprint density at radius 2 is 1.95 bits per heavy atom. The second kappa shape index (κ2) is 7.77. The van der Waals surface area contributed by atoms with E-state index in [1.54, 1.807) is 24.3 Å². The molecule has 0 bridgehead atoms.